The Morgan fingerprint density at radius 2 is 2.05 bits per heavy atom. The van der Waals surface area contributed by atoms with Gasteiger partial charge in [0.25, 0.3) is 0 Å². The maximum atomic E-state index is 12.0. The summed E-state index contributed by atoms with van der Waals surface area (Å²) in [5, 5.41) is 5.36. The SMILES string of the molecule is CC(C)c1csc(NC(=O)[C@H](N)Cc2ccccc2)n1. The van der Waals surface area contributed by atoms with E-state index in [0.717, 1.165) is 11.3 Å². The number of nitrogens with two attached hydrogens (primary N) is 1. The number of nitrogens with one attached hydrogen (secondary N) is 1. The molecule has 3 N–H and O–H groups in total. The van der Waals surface area contributed by atoms with Gasteiger partial charge >= 0.3 is 0 Å². The fourth-order valence-corrected chi connectivity index (χ4v) is 2.64. The van der Waals surface area contributed by atoms with E-state index in [1.54, 1.807) is 0 Å². The van der Waals surface area contributed by atoms with Crippen LogP contribution >= 0.6 is 11.3 Å². The van der Waals surface area contributed by atoms with Gasteiger partial charge in [-0.1, -0.05) is 44.2 Å². The van der Waals surface area contributed by atoms with Crippen LogP contribution < -0.4 is 11.1 Å². The van der Waals surface area contributed by atoms with Crippen molar-refractivity contribution in [3.8, 4) is 0 Å². The minimum Gasteiger partial charge on any atom is -0.320 e. The van der Waals surface area contributed by atoms with E-state index in [1.165, 1.54) is 11.3 Å². The zero-order valence-corrected chi connectivity index (χ0v) is 12.5. The predicted molar refractivity (Wildman–Crippen MR) is 83.0 cm³/mol. The monoisotopic (exact) mass is 289 g/mol. The largest absolute Gasteiger partial charge is 0.320 e. The standard InChI is InChI=1S/C15H19N3OS/c1-10(2)13-9-20-15(17-13)18-14(19)12(16)8-11-6-4-3-5-7-11/h3-7,9-10,12H,8,16H2,1-2H3,(H,17,18,19)/t12-/m1/s1. The molecule has 0 unspecified atom stereocenters. The van der Waals surface area contributed by atoms with Crippen molar-refractivity contribution in [3.05, 3.63) is 47.0 Å². The van der Waals surface area contributed by atoms with Crippen LogP contribution in [0.4, 0.5) is 5.13 Å². The minimum absolute atomic E-state index is 0.196. The zero-order chi connectivity index (χ0) is 14.5. The highest BCUT2D eigenvalue weighted by atomic mass is 32.1. The second-order valence-electron chi connectivity index (χ2n) is 5.02. The van der Waals surface area contributed by atoms with Crippen LogP contribution in [0.2, 0.25) is 0 Å². The van der Waals surface area contributed by atoms with Crippen LogP contribution in [0, 0.1) is 0 Å². The van der Waals surface area contributed by atoms with Gasteiger partial charge in [0.2, 0.25) is 5.91 Å². The van der Waals surface area contributed by atoms with E-state index < -0.39 is 6.04 Å². The first-order chi connectivity index (χ1) is 9.56. The van der Waals surface area contributed by atoms with Gasteiger partial charge in [0.05, 0.1) is 11.7 Å². The van der Waals surface area contributed by atoms with Crippen LogP contribution in [0.3, 0.4) is 0 Å². The highest BCUT2D eigenvalue weighted by Crippen LogP contribution is 2.21. The molecule has 5 heteroatoms. The molecule has 1 aromatic heterocycles. The quantitative estimate of drug-likeness (QED) is 0.889. The third kappa shape index (κ3) is 3.88. The van der Waals surface area contributed by atoms with Crippen molar-refractivity contribution in [2.45, 2.75) is 32.2 Å². The molecule has 0 saturated carbocycles. The first-order valence-electron chi connectivity index (χ1n) is 6.62. The molecule has 0 aliphatic heterocycles. The summed E-state index contributed by atoms with van der Waals surface area (Å²) in [6.07, 6.45) is 0.523. The number of carbonyl (C=O) groups is 1. The molecule has 1 aromatic carbocycles. The van der Waals surface area contributed by atoms with E-state index in [-0.39, 0.29) is 5.91 Å². The summed E-state index contributed by atoms with van der Waals surface area (Å²) < 4.78 is 0. The van der Waals surface area contributed by atoms with Gasteiger partial charge in [0.15, 0.2) is 5.13 Å². The molecular formula is C15H19N3OS. The second-order valence-corrected chi connectivity index (χ2v) is 5.88. The van der Waals surface area contributed by atoms with Crippen molar-refractivity contribution in [2.75, 3.05) is 5.32 Å². The number of benzene rings is 1. The fraction of sp³-hybridized carbons (Fsp3) is 0.333. The van der Waals surface area contributed by atoms with Crippen LogP contribution in [0.15, 0.2) is 35.7 Å². The Labute approximate surface area is 123 Å². The lowest BCUT2D eigenvalue weighted by Gasteiger charge is -2.10. The molecule has 0 spiro atoms. The smallest absolute Gasteiger partial charge is 0.243 e. The third-order valence-electron chi connectivity index (χ3n) is 2.98. The van der Waals surface area contributed by atoms with Crippen LogP contribution in [-0.2, 0) is 11.2 Å². The number of amides is 1. The van der Waals surface area contributed by atoms with Crippen LogP contribution in [-0.4, -0.2) is 16.9 Å². The molecule has 0 fully saturated rings. The van der Waals surface area contributed by atoms with Gasteiger partial charge in [0, 0.05) is 5.38 Å². The van der Waals surface area contributed by atoms with Crippen LogP contribution in [0.25, 0.3) is 0 Å². The van der Waals surface area contributed by atoms with Crippen molar-refractivity contribution in [1.29, 1.82) is 0 Å². The summed E-state index contributed by atoms with van der Waals surface area (Å²) in [4.78, 5) is 16.4. The molecule has 0 saturated heterocycles. The van der Waals surface area contributed by atoms with Crippen LogP contribution in [0.5, 0.6) is 0 Å². The number of thiazole rings is 1. The van der Waals surface area contributed by atoms with Gasteiger partial charge in [-0.3, -0.25) is 4.79 Å². The number of anilines is 1. The summed E-state index contributed by atoms with van der Waals surface area (Å²) in [7, 11) is 0. The first-order valence-corrected chi connectivity index (χ1v) is 7.50. The maximum Gasteiger partial charge on any atom is 0.243 e. The Bertz CT molecular complexity index is 566. The molecular weight excluding hydrogens is 270 g/mol. The lowest BCUT2D eigenvalue weighted by atomic mass is 10.1. The highest BCUT2D eigenvalue weighted by molar-refractivity contribution is 7.13. The summed E-state index contributed by atoms with van der Waals surface area (Å²) in [5.41, 5.74) is 7.97. The molecule has 0 bridgehead atoms. The Hall–Kier alpha value is -1.72. The average molecular weight is 289 g/mol. The molecule has 1 amide bonds. The van der Waals surface area contributed by atoms with Crippen molar-refractivity contribution in [2.24, 2.45) is 5.73 Å². The maximum absolute atomic E-state index is 12.0. The number of carbonyl (C=O) groups excluding carboxylic acids is 1. The van der Waals surface area contributed by atoms with Crippen LogP contribution in [0.1, 0.15) is 31.0 Å². The Morgan fingerprint density at radius 1 is 1.35 bits per heavy atom. The van der Waals surface area contributed by atoms with Gasteiger partial charge in [-0.15, -0.1) is 11.3 Å². The van der Waals surface area contributed by atoms with Gasteiger partial charge < -0.3 is 11.1 Å². The summed E-state index contributed by atoms with van der Waals surface area (Å²) in [6, 6.07) is 9.19. The average Bonchev–Trinajstić information content (AvgIpc) is 2.88. The molecule has 1 heterocycles. The van der Waals surface area contributed by atoms with E-state index in [2.05, 4.69) is 24.1 Å². The highest BCUT2D eigenvalue weighted by Gasteiger charge is 2.16. The Balaban J connectivity index is 1.93. The van der Waals surface area contributed by atoms with Gasteiger partial charge in [-0.2, -0.15) is 0 Å². The van der Waals surface area contributed by atoms with Crippen molar-refractivity contribution < 1.29 is 4.79 Å². The van der Waals surface area contributed by atoms with Gasteiger partial charge in [-0.05, 0) is 17.9 Å². The number of nitrogens with zero attached hydrogens (tertiary/aromatic N) is 1. The van der Waals surface area contributed by atoms with E-state index in [0.29, 0.717) is 17.5 Å². The fourth-order valence-electron chi connectivity index (χ4n) is 1.77. The molecule has 106 valence electrons. The van der Waals surface area contributed by atoms with E-state index in [4.69, 9.17) is 5.73 Å². The molecule has 1 atom stereocenters. The van der Waals surface area contributed by atoms with Gasteiger partial charge in [0.1, 0.15) is 0 Å². The molecule has 4 nitrogen and oxygen atoms in total. The van der Waals surface area contributed by atoms with Crippen molar-refractivity contribution >= 4 is 22.4 Å². The normalized spacial score (nSPS) is 12.4. The second kappa shape index (κ2) is 6.63. The Kier molecular flexibility index (Phi) is 4.87. The molecule has 20 heavy (non-hydrogen) atoms. The predicted octanol–water partition coefficient (Wildman–Crippen LogP) is 2.78. The molecule has 0 aliphatic rings. The molecule has 2 rings (SSSR count). The molecule has 0 aliphatic carbocycles. The first kappa shape index (κ1) is 14.7. The number of hydrogen-bond donors (Lipinski definition) is 2. The number of aromatic nitrogens is 1. The summed E-state index contributed by atoms with van der Waals surface area (Å²) in [5.74, 6) is 0.161. The number of hydrogen-bond acceptors (Lipinski definition) is 4. The number of rotatable bonds is 5. The Morgan fingerprint density at radius 3 is 2.65 bits per heavy atom. The zero-order valence-electron chi connectivity index (χ0n) is 11.7. The minimum atomic E-state index is -0.566. The molecule has 0 radical (unpaired) electrons. The third-order valence-corrected chi connectivity index (χ3v) is 3.75. The van der Waals surface area contributed by atoms with E-state index in [1.807, 2.05) is 35.7 Å². The summed E-state index contributed by atoms with van der Waals surface area (Å²) >= 11 is 1.43. The molecule has 2 aromatic rings. The topological polar surface area (TPSA) is 68.0 Å². The lowest BCUT2D eigenvalue weighted by Crippen LogP contribution is -2.37. The summed E-state index contributed by atoms with van der Waals surface area (Å²) in [6.45, 7) is 4.14. The lowest BCUT2D eigenvalue weighted by molar-refractivity contribution is -0.117. The van der Waals surface area contributed by atoms with Gasteiger partial charge in [-0.25, -0.2) is 4.98 Å². The van der Waals surface area contributed by atoms with E-state index >= 15 is 0 Å². The van der Waals surface area contributed by atoms with Crippen molar-refractivity contribution in [1.82, 2.24) is 4.98 Å². The van der Waals surface area contributed by atoms with E-state index in [9.17, 15) is 4.79 Å². The van der Waals surface area contributed by atoms with Crippen molar-refractivity contribution in [3.63, 3.8) is 0 Å².